The van der Waals surface area contributed by atoms with Crippen molar-refractivity contribution in [1.29, 1.82) is 0 Å². The fraction of sp³-hybridized carbons (Fsp3) is 0.483. The molecular formula is C89H124Cl3F12N28O9P. The van der Waals surface area contributed by atoms with Gasteiger partial charge in [0.2, 0.25) is 11.8 Å². The van der Waals surface area contributed by atoms with Crippen molar-refractivity contribution >= 4 is 190 Å². The first-order valence-corrected chi connectivity index (χ1v) is 49.6. The van der Waals surface area contributed by atoms with Crippen molar-refractivity contribution in [1.82, 2.24) is 46.6 Å². The lowest BCUT2D eigenvalue weighted by Gasteiger charge is -2.36. The zero-order chi connectivity index (χ0) is 105. The van der Waals surface area contributed by atoms with E-state index in [9.17, 15) is 90.8 Å². The summed E-state index contributed by atoms with van der Waals surface area (Å²) in [6, 6.07) is 14.6. The average molecular weight is 2100 g/mol. The van der Waals surface area contributed by atoms with Crippen LogP contribution < -0.4 is 116 Å². The van der Waals surface area contributed by atoms with Crippen LogP contribution in [0.5, 0.6) is 0 Å². The van der Waals surface area contributed by atoms with Crippen LogP contribution in [0.25, 0.3) is 0 Å². The van der Waals surface area contributed by atoms with Gasteiger partial charge in [-0.1, -0.05) is 6.92 Å². The summed E-state index contributed by atoms with van der Waals surface area (Å²) in [4.78, 5) is 115. The molecular weight excluding hydrogens is 1970 g/mol. The predicted octanol–water partition coefficient (Wildman–Crippen LogP) is 16.3. The Bertz CT molecular complexity index is 5030. The van der Waals surface area contributed by atoms with Crippen molar-refractivity contribution in [3.63, 3.8) is 0 Å². The van der Waals surface area contributed by atoms with Crippen LogP contribution in [0.3, 0.4) is 0 Å². The zero-order valence-corrected chi connectivity index (χ0v) is 83.2. The van der Waals surface area contributed by atoms with Gasteiger partial charge >= 0.3 is 60.0 Å². The average Bonchev–Trinajstić information content (AvgIpc) is 0.793. The molecule has 0 atom stereocenters. The van der Waals surface area contributed by atoms with E-state index < -0.39 is 94.1 Å². The van der Waals surface area contributed by atoms with E-state index in [0.29, 0.717) is 155 Å². The third-order valence-corrected chi connectivity index (χ3v) is 22.4. The number of alkyl halides is 12. The van der Waals surface area contributed by atoms with Gasteiger partial charge in [0.15, 0.2) is 17.9 Å². The summed E-state index contributed by atoms with van der Waals surface area (Å²) in [6.45, 7) is 11.2. The molecule has 6 aromatic rings. The highest BCUT2D eigenvalue weighted by atomic mass is 36.0. The fourth-order valence-corrected chi connectivity index (χ4v) is 15.0. The van der Waals surface area contributed by atoms with Crippen LogP contribution in [0.15, 0.2) is 112 Å². The van der Waals surface area contributed by atoms with Gasteiger partial charge in [0.25, 0.3) is 0 Å². The number of unbranched alkanes of at least 4 members (excludes halogenated alkanes) is 3. The van der Waals surface area contributed by atoms with Crippen molar-refractivity contribution in [3.05, 3.63) is 119 Å². The first-order valence-electron chi connectivity index (χ1n) is 45.1. The predicted molar refractivity (Wildman–Crippen MR) is 541 cm³/mol. The van der Waals surface area contributed by atoms with Gasteiger partial charge in [-0.2, -0.15) is 52.7 Å². The van der Waals surface area contributed by atoms with Gasteiger partial charge in [0.05, 0.1) is 90.5 Å². The summed E-state index contributed by atoms with van der Waals surface area (Å²) < 4.78 is 178. The molecule has 10 rings (SSSR count). The molecule has 21 N–H and O–H groups in total. The van der Waals surface area contributed by atoms with Gasteiger partial charge in [-0.3, -0.25) is 33.9 Å². The third kappa shape index (κ3) is 39.5. The topological polar surface area (TPSA) is 461 Å². The van der Waals surface area contributed by atoms with E-state index in [1.165, 1.54) is 48.5 Å². The number of rotatable bonds is 29. The number of nitrogens with zero attached hydrogens (tertiary/aromatic N) is 10. The zero-order valence-electron chi connectivity index (χ0n) is 80.1. The molecule has 4 aliphatic rings. The molecule has 53 heteroatoms. The first-order chi connectivity index (χ1) is 66.9. The number of likely N-dealkylation sites (N-methyl/N-ethyl adjacent to an activating group) is 3. The molecule has 142 heavy (non-hydrogen) atoms. The number of benzene rings is 6. The molecule has 4 aliphatic heterocycles. The van der Waals surface area contributed by atoms with Gasteiger partial charge in [0.1, 0.15) is 0 Å². The molecule has 0 radical (unpaired) electrons. The molecule has 0 unspecified atom stereocenters. The Hall–Kier alpha value is -12.4. The lowest BCUT2D eigenvalue weighted by molar-refractivity contribution is -0.138. The van der Waals surface area contributed by atoms with E-state index in [4.69, 9.17) is 16.6 Å². The normalized spacial score (nSPS) is 15.0. The number of nitrogen functional groups attached to an aromatic ring is 2. The van der Waals surface area contributed by atoms with Crippen LogP contribution in [0.2, 0.25) is 0 Å². The van der Waals surface area contributed by atoms with Crippen LogP contribution in [-0.4, -0.2) is 254 Å². The van der Waals surface area contributed by atoms with Crippen LogP contribution in [0.1, 0.15) is 99.8 Å². The second-order valence-corrected chi connectivity index (χ2v) is 39.9. The number of nitrogens with one attached hydrogen (secondary N) is 16. The number of piperidine rings is 1. The van der Waals surface area contributed by atoms with E-state index >= 15 is 0 Å². The molecule has 37 nitrogen and oxygen atoms in total. The SMILES string of the molecule is CN1CCN(c2c(N)cc(C(F)(F)F)cc2NC(=O)Nc2ccc(NC(=O)Nc3cc(C(F)(F)F)cc(N)c3N3CCN(C)CC3)cc2)CC1.CN=C(NC)NCCCCC(=O)Nc1cc(C(F)(F)F)cc(NC(=O)Nc2ccc(NC(=O)Nc3cc(C(F)(F)F)cc(NC(=O)CCCCNC(=NC)NC)c3N3CCN(C)CC3)cc2)c1N1CCC(C)CC1.CN=C(NC)NCCCCC(=O)O.O=P(Cl)(Cl)Cl. The number of halogens is 15. The smallest absolute Gasteiger partial charge is 0.416 e. The number of carboxylic acids is 1. The molecule has 4 saturated heterocycles. The highest BCUT2D eigenvalue weighted by molar-refractivity contribution is 8.24. The van der Waals surface area contributed by atoms with Crippen molar-refractivity contribution in [2.45, 2.75) is 102 Å². The van der Waals surface area contributed by atoms with Crippen molar-refractivity contribution < 1.29 is 95.9 Å². The Kier molecular flexibility index (Phi) is 45.3. The summed E-state index contributed by atoms with van der Waals surface area (Å²) >= 11 is 13.8. The van der Waals surface area contributed by atoms with Gasteiger partial charge in [-0.25, -0.2) is 19.2 Å². The van der Waals surface area contributed by atoms with Gasteiger partial charge in [0, 0.05) is 196 Å². The standard InChI is InChI=1S/C49H69F6N15O4.C32H38F6N10O2.C8H17N3O2.Cl3OP/c1-31-17-21-69(22-18-31)42-36(64-40(71)11-7-9-19-60-44(56-2)57-3)27-32(48(50,51)52)29-38(42)66-46(73)62-34-13-15-35(16-14-34)63-47(74)67-39-30-33(49(53,54)55)28-37(43(39)70-25-23-68(6)24-26-70)65-41(72)12-8-10-20-61-45(58-4)59-5;1-45-7-11-47(12-8-45)27-23(39)15-19(31(33,34)35)17-25(27)43-29(49)41-21-3-5-22(6-4-21)42-30(50)44-26-18-20(32(36,37)38)16-24(40)28(26)48-13-9-46(2)10-14-48;1-9-8(10-2)11-6-4-3-5-7(12)13;1-5(2,3)4/h13-16,27-31H,7-12,17-26H2,1-6H3,(H,64,71)(H,65,72)(H2,56,57,60)(H2,58,59,61)(H2,62,66,73)(H2,63,67,74);3-6,15-18H,7-14,39-40H2,1-2H3,(H2,41,43,49)(H2,42,44,50);3-6H2,1-2H3,(H,12,13)(H2,9,10,11);. The second-order valence-electron chi connectivity index (χ2n) is 33.3. The van der Waals surface area contributed by atoms with Crippen molar-refractivity contribution in [3.8, 4) is 0 Å². The minimum Gasteiger partial charge on any atom is -0.481 e. The number of urea groups is 4. The minimum absolute atomic E-state index is 0.0206. The number of aliphatic imine (C=N–C) groups is 3. The number of hydrogen-bond donors (Lipinski definition) is 19. The monoisotopic (exact) mass is 2090 g/mol. The summed E-state index contributed by atoms with van der Waals surface area (Å²) in [6.07, 6.45) is -13.8. The maximum absolute atomic E-state index is 14.4. The van der Waals surface area contributed by atoms with E-state index in [1.807, 2.05) is 45.6 Å². The summed E-state index contributed by atoms with van der Waals surface area (Å²) in [5, 5.41) is 48.7. The number of amides is 10. The molecule has 0 aromatic heterocycles. The summed E-state index contributed by atoms with van der Waals surface area (Å²) in [5.74, 6) is 0.491. The molecule has 0 spiro atoms. The number of guanidine groups is 3. The number of piperazine rings is 3. The van der Waals surface area contributed by atoms with Gasteiger partial charge in [-0.15, -0.1) is 0 Å². The summed E-state index contributed by atoms with van der Waals surface area (Å²) in [7, 11) is 15.9. The Morgan fingerprint density at radius 2 is 0.592 bits per heavy atom. The minimum atomic E-state index is -4.84. The molecule has 0 aliphatic carbocycles. The number of anilines is 16. The van der Waals surface area contributed by atoms with E-state index in [0.717, 1.165) is 80.3 Å². The van der Waals surface area contributed by atoms with Crippen LogP contribution >= 0.6 is 38.9 Å². The molecule has 0 saturated carbocycles. The van der Waals surface area contributed by atoms with Crippen LogP contribution in [0.4, 0.5) is 163 Å². The molecule has 6 aromatic carbocycles. The quantitative estimate of drug-likeness (QED) is 0.00518. The van der Waals surface area contributed by atoms with Gasteiger partial charge in [-0.05, 0) is 209 Å². The maximum Gasteiger partial charge on any atom is 0.416 e. The maximum atomic E-state index is 14.4. The molecule has 784 valence electrons. The Morgan fingerprint density at radius 1 is 0.366 bits per heavy atom. The first kappa shape index (κ1) is 117. The highest BCUT2D eigenvalue weighted by Crippen LogP contribution is 2.61. The Morgan fingerprint density at radius 3 is 0.831 bits per heavy atom. The lowest BCUT2D eigenvalue weighted by Crippen LogP contribution is -2.45. The van der Waals surface area contributed by atoms with Gasteiger partial charge < -0.3 is 136 Å². The second kappa shape index (κ2) is 55.3. The largest absolute Gasteiger partial charge is 0.481 e. The van der Waals surface area contributed by atoms with E-state index in [1.54, 1.807) is 42.3 Å². The molecule has 10 amide bonds. The van der Waals surface area contributed by atoms with E-state index in [-0.39, 0.29) is 110 Å². The Labute approximate surface area is 829 Å². The number of nitrogens with two attached hydrogens (primary N) is 2. The van der Waals surface area contributed by atoms with Crippen molar-refractivity contribution in [2.75, 3.05) is 259 Å². The molecule has 4 fully saturated rings. The number of hydrogen-bond acceptors (Lipinski definition) is 20. The highest BCUT2D eigenvalue weighted by Gasteiger charge is 2.39. The Balaban J connectivity index is 0.000000343. The number of carboxylic acid groups (broad SMARTS) is 1. The van der Waals surface area contributed by atoms with E-state index in [2.05, 4.69) is 150 Å². The third-order valence-electron chi connectivity index (χ3n) is 22.4. The lowest BCUT2D eigenvalue weighted by atomic mass is 9.97. The summed E-state index contributed by atoms with van der Waals surface area (Å²) in [5.41, 5.74) is 8.70. The number of aliphatic carboxylic acids is 1. The number of carbonyl (C=O) groups excluding carboxylic acids is 6. The van der Waals surface area contributed by atoms with Crippen molar-refractivity contribution in [2.24, 2.45) is 20.9 Å². The van der Waals surface area contributed by atoms with Crippen LogP contribution in [-0.2, 0) is 43.7 Å². The molecule has 4 heterocycles. The molecule has 0 bridgehead atoms. The fourth-order valence-electron chi connectivity index (χ4n) is 15.0. The number of carbonyl (C=O) groups is 7. The van der Waals surface area contributed by atoms with Crippen LogP contribution in [0, 0.1) is 5.92 Å².